The third-order valence-corrected chi connectivity index (χ3v) is 3.76. The molecular formula is C15H23NO2. The molecule has 0 saturated carbocycles. The molecule has 1 aliphatic rings. The highest BCUT2D eigenvalue weighted by atomic mass is 16.5. The minimum Gasteiger partial charge on any atom is -0.492 e. The fourth-order valence-electron chi connectivity index (χ4n) is 2.32. The van der Waals surface area contributed by atoms with Crippen LogP contribution in [0.25, 0.3) is 0 Å². The third-order valence-electron chi connectivity index (χ3n) is 3.76. The molecule has 1 N–H and O–H groups in total. The van der Waals surface area contributed by atoms with Gasteiger partial charge in [-0.2, -0.15) is 0 Å². The average Bonchev–Trinajstić information content (AvgIpc) is 2.36. The molecule has 1 aliphatic heterocycles. The molecule has 1 fully saturated rings. The summed E-state index contributed by atoms with van der Waals surface area (Å²) in [5.41, 5.74) is 1.17. The van der Waals surface area contributed by atoms with Crippen LogP contribution < -0.4 is 4.74 Å². The van der Waals surface area contributed by atoms with E-state index in [0.717, 1.165) is 31.8 Å². The molecule has 2 atom stereocenters. The lowest BCUT2D eigenvalue weighted by atomic mass is 9.96. The number of hydrogen-bond acceptors (Lipinski definition) is 3. The number of piperidine rings is 1. The van der Waals surface area contributed by atoms with Crippen molar-refractivity contribution in [3.05, 3.63) is 29.8 Å². The topological polar surface area (TPSA) is 32.7 Å². The molecule has 2 rings (SSSR count). The lowest BCUT2D eigenvalue weighted by molar-refractivity contribution is 0.0244. The first kappa shape index (κ1) is 13.4. The standard InChI is InChI=1S/C15H23NO2/c1-12-7-8-16(11-14(12)17)9-10-18-15-6-4-3-5-13(15)2/h3-6,12,14,17H,7-11H2,1-2H3. The molecule has 0 aliphatic carbocycles. The largest absolute Gasteiger partial charge is 0.492 e. The second-order valence-electron chi connectivity index (χ2n) is 5.25. The van der Waals surface area contributed by atoms with Crippen molar-refractivity contribution in [2.75, 3.05) is 26.2 Å². The normalized spacial score (nSPS) is 25.1. The minimum absolute atomic E-state index is 0.183. The molecule has 1 aromatic rings. The smallest absolute Gasteiger partial charge is 0.122 e. The minimum atomic E-state index is -0.183. The lowest BCUT2D eigenvalue weighted by Gasteiger charge is -2.34. The van der Waals surface area contributed by atoms with Gasteiger partial charge in [0.15, 0.2) is 0 Å². The van der Waals surface area contributed by atoms with Crippen molar-refractivity contribution < 1.29 is 9.84 Å². The van der Waals surface area contributed by atoms with Gasteiger partial charge in [-0.25, -0.2) is 0 Å². The monoisotopic (exact) mass is 249 g/mol. The number of aliphatic hydroxyl groups excluding tert-OH is 1. The van der Waals surface area contributed by atoms with E-state index in [1.807, 2.05) is 18.2 Å². The van der Waals surface area contributed by atoms with Crippen molar-refractivity contribution in [3.63, 3.8) is 0 Å². The predicted molar refractivity (Wildman–Crippen MR) is 72.9 cm³/mol. The van der Waals surface area contributed by atoms with E-state index in [-0.39, 0.29) is 6.10 Å². The molecule has 0 aromatic heterocycles. The number of para-hydroxylation sites is 1. The summed E-state index contributed by atoms with van der Waals surface area (Å²) in [5.74, 6) is 1.39. The number of likely N-dealkylation sites (tertiary alicyclic amines) is 1. The van der Waals surface area contributed by atoms with Crippen LogP contribution in [0.5, 0.6) is 5.75 Å². The van der Waals surface area contributed by atoms with Crippen molar-refractivity contribution in [2.45, 2.75) is 26.4 Å². The van der Waals surface area contributed by atoms with Crippen molar-refractivity contribution in [3.8, 4) is 5.75 Å². The summed E-state index contributed by atoms with van der Waals surface area (Å²) >= 11 is 0. The lowest BCUT2D eigenvalue weighted by Crippen LogP contribution is -2.44. The van der Waals surface area contributed by atoms with Gasteiger partial charge in [0.05, 0.1) is 6.10 Å². The fourth-order valence-corrected chi connectivity index (χ4v) is 2.32. The maximum absolute atomic E-state index is 9.83. The molecule has 0 bridgehead atoms. The third kappa shape index (κ3) is 3.47. The highest BCUT2D eigenvalue weighted by Gasteiger charge is 2.23. The summed E-state index contributed by atoms with van der Waals surface area (Å²) in [6, 6.07) is 8.07. The van der Waals surface area contributed by atoms with Crippen LogP contribution in [0.4, 0.5) is 0 Å². The number of aryl methyl sites for hydroxylation is 1. The Morgan fingerprint density at radius 1 is 1.39 bits per heavy atom. The van der Waals surface area contributed by atoms with Crippen molar-refractivity contribution in [2.24, 2.45) is 5.92 Å². The Balaban J connectivity index is 1.74. The highest BCUT2D eigenvalue weighted by molar-refractivity contribution is 5.31. The summed E-state index contributed by atoms with van der Waals surface area (Å²) < 4.78 is 5.78. The molecule has 100 valence electrons. The quantitative estimate of drug-likeness (QED) is 0.886. The van der Waals surface area contributed by atoms with E-state index in [9.17, 15) is 5.11 Å². The zero-order valence-electron chi connectivity index (χ0n) is 11.3. The zero-order valence-corrected chi connectivity index (χ0v) is 11.3. The van der Waals surface area contributed by atoms with Gasteiger partial charge in [-0.1, -0.05) is 25.1 Å². The Bertz CT molecular complexity index is 381. The first-order valence-corrected chi connectivity index (χ1v) is 6.75. The van der Waals surface area contributed by atoms with Gasteiger partial charge < -0.3 is 9.84 Å². The van der Waals surface area contributed by atoms with Crippen LogP contribution in [0, 0.1) is 12.8 Å². The summed E-state index contributed by atoms with van der Waals surface area (Å²) in [6.45, 7) is 7.59. The molecule has 1 heterocycles. The van der Waals surface area contributed by atoms with Crippen LogP contribution in [-0.4, -0.2) is 42.4 Å². The van der Waals surface area contributed by atoms with Gasteiger partial charge in [0.1, 0.15) is 12.4 Å². The van der Waals surface area contributed by atoms with Gasteiger partial charge in [0.2, 0.25) is 0 Å². The Morgan fingerprint density at radius 2 is 2.17 bits per heavy atom. The van der Waals surface area contributed by atoms with E-state index in [2.05, 4.69) is 24.8 Å². The molecule has 0 radical (unpaired) electrons. The number of β-amino-alcohol motifs (C(OH)–C–C–N with tert-alkyl or cyclic N) is 1. The van der Waals surface area contributed by atoms with Gasteiger partial charge >= 0.3 is 0 Å². The van der Waals surface area contributed by atoms with Crippen LogP contribution in [-0.2, 0) is 0 Å². The van der Waals surface area contributed by atoms with E-state index in [4.69, 9.17) is 4.74 Å². The Hall–Kier alpha value is -1.06. The molecule has 1 aromatic carbocycles. The van der Waals surface area contributed by atoms with Gasteiger partial charge in [-0.15, -0.1) is 0 Å². The summed E-state index contributed by atoms with van der Waals surface area (Å²) in [5, 5.41) is 9.83. The van der Waals surface area contributed by atoms with Crippen molar-refractivity contribution >= 4 is 0 Å². The maximum atomic E-state index is 9.83. The van der Waals surface area contributed by atoms with E-state index >= 15 is 0 Å². The van der Waals surface area contributed by atoms with Gasteiger partial charge in [0, 0.05) is 13.1 Å². The molecular weight excluding hydrogens is 226 g/mol. The summed E-state index contributed by atoms with van der Waals surface area (Å²) in [4.78, 5) is 2.28. The molecule has 2 unspecified atom stereocenters. The van der Waals surface area contributed by atoms with E-state index in [1.54, 1.807) is 0 Å². The Morgan fingerprint density at radius 3 is 2.89 bits per heavy atom. The van der Waals surface area contributed by atoms with Gasteiger partial charge in [0.25, 0.3) is 0 Å². The molecule has 1 saturated heterocycles. The first-order valence-electron chi connectivity index (χ1n) is 6.75. The van der Waals surface area contributed by atoms with Gasteiger partial charge in [-0.05, 0) is 37.4 Å². The zero-order chi connectivity index (χ0) is 13.0. The van der Waals surface area contributed by atoms with Crippen LogP contribution >= 0.6 is 0 Å². The van der Waals surface area contributed by atoms with E-state index in [1.165, 1.54) is 5.56 Å². The number of nitrogens with zero attached hydrogens (tertiary/aromatic N) is 1. The van der Waals surface area contributed by atoms with Crippen LogP contribution in [0.1, 0.15) is 18.9 Å². The molecule has 3 heteroatoms. The summed E-state index contributed by atoms with van der Waals surface area (Å²) in [6.07, 6.45) is 0.892. The molecule has 3 nitrogen and oxygen atoms in total. The van der Waals surface area contributed by atoms with Crippen LogP contribution in [0.15, 0.2) is 24.3 Å². The second-order valence-corrected chi connectivity index (χ2v) is 5.25. The average molecular weight is 249 g/mol. The molecule has 0 amide bonds. The number of hydrogen-bond donors (Lipinski definition) is 1. The SMILES string of the molecule is Cc1ccccc1OCCN1CCC(C)C(O)C1. The highest BCUT2D eigenvalue weighted by Crippen LogP contribution is 2.18. The first-order chi connectivity index (χ1) is 8.66. The maximum Gasteiger partial charge on any atom is 0.122 e. The Kier molecular flexibility index (Phi) is 4.61. The Labute approximate surface area is 109 Å². The number of benzene rings is 1. The van der Waals surface area contributed by atoms with E-state index < -0.39 is 0 Å². The van der Waals surface area contributed by atoms with Crippen molar-refractivity contribution in [1.29, 1.82) is 0 Å². The van der Waals surface area contributed by atoms with Crippen LogP contribution in [0.2, 0.25) is 0 Å². The second kappa shape index (κ2) is 6.21. The van der Waals surface area contributed by atoms with Gasteiger partial charge in [-0.3, -0.25) is 4.90 Å². The number of ether oxygens (including phenoxy) is 1. The van der Waals surface area contributed by atoms with Crippen LogP contribution in [0.3, 0.4) is 0 Å². The fraction of sp³-hybridized carbons (Fsp3) is 0.600. The molecule has 0 spiro atoms. The molecule has 18 heavy (non-hydrogen) atoms. The summed E-state index contributed by atoms with van der Waals surface area (Å²) in [7, 11) is 0. The van der Waals surface area contributed by atoms with E-state index in [0.29, 0.717) is 12.5 Å². The predicted octanol–water partition coefficient (Wildman–Crippen LogP) is 2.08. The van der Waals surface area contributed by atoms with Crippen molar-refractivity contribution in [1.82, 2.24) is 4.90 Å². The number of aliphatic hydroxyl groups is 1. The number of rotatable bonds is 4.